The molecule has 1 heterocycles. The van der Waals surface area contributed by atoms with Gasteiger partial charge in [0.15, 0.2) is 0 Å². The van der Waals surface area contributed by atoms with Crippen LogP contribution in [-0.4, -0.2) is 9.55 Å². The number of nitrogens with zero attached hydrogens (tertiary/aromatic N) is 3. The van der Waals surface area contributed by atoms with Crippen molar-refractivity contribution in [2.45, 2.75) is 5.88 Å². The Balaban J connectivity index is 2.37. The molecule has 0 saturated carbocycles. The summed E-state index contributed by atoms with van der Waals surface area (Å²) in [7, 11) is 0. The van der Waals surface area contributed by atoms with Crippen molar-refractivity contribution in [3.05, 3.63) is 58.9 Å². The van der Waals surface area contributed by atoms with Gasteiger partial charge in [-0.25, -0.2) is 4.98 Å². The van der Waals surface area contributed by atoms with Crippen molar-refractivity contribution >= 4 is 34.2 Å². The van der Waals surface area contributed by atoms with Gasteiger partial charge in [0.05, 0.1) is 39.3 Å². The van der Waals surface area contributed by atoms with E-state index in [0.717, 1.165) is 16.7 Å². The van der Waals surface area contributed by atoms with Crippen LogP contribution in [0.4, 0.5) is 0 Å². The van der Waals surface area contributed by atoms with Crippen LogP contribution in [-0.2, 0) is 5.88 Å². The van der Waals surface area contributed by atoms with E-state index < -0.39 is 0 Å². The number of alkyl halides is 1. The molecule has 0 N–H and O–H groups in total. The Hall–Kier alpha value is -2.02. The molecule has 3 nitrogen and oxygen atoms in total. The van der Waals surface area contributed by atoms with Crippen molar-refractivity contribution in [2.24, 2.45) is 0 Å². The van der Waals surface area contributed by atoms with Crippen LogP contribution in [0.15, 0.2) is 42.5 Å². The molecule has 98 valence electrons. The lowest BCUT2D eigenvalue weighted by atomic mass is 10.2. The lowest BCUT2D eigenvalue weighted by Crippen LogP contribution is -2.00. The molecular weight excluding hydrogens is 293 g/mol. The van der Waals surface area contributed by atoms with Crippen molar-refractivity contribution in [3.63, 3.8) is 0 Å². The average molecular weight is 302 g/mol. The zero-order chi connectivity index (χ0) is 14.1. The second-order valence-corrected chi connectivity index (χ2v) is 4.94. The molecule has 1 aromatic heterocycles. The maximum absolute atomic E-state index is 9.05. The highest BCUT2D eigenvalue weighted by atomic mass is 35.5. The Kier molecular flexibility index (Phi) is 3.35. The van der Waals surface area contributed by atoms with Gasteiger partial charge in [-0.2, -0.15) is 5.26 Å². The molecule has 20 heavy (non-hydrogen) atoms. The van der Waals surface area contributed by atoms with E-state index in [2.05, 4.69) is 11.1 Å². The first-order chi connectivity index (χ1) is 9.74. The number of halogens is 2. The number of para-hydroxylation sites is 2. The van der Waals surface area contributed by atoms with Gasteiger partial charge in [-0.1, -0.05) is 23.7 Å². The Labute approximate surface area is 126 Å². The van der Waals surface area contributed by atoms with Gasteiger partial charge >= 0.3 is 0 Å². The molecular formula is C15H9Cl2N3. The van der Waals surface area contributed by atoms with Gasteiger partial charge in [-0.05, 0) is 30.3 Å². The fraction of sp³-hybridized carbons (Fsp3) is 0.0667. The average Bonchev–Trinajstić information content (AvgIpc) is 2.86. The quantitative estimate of drug-likeness (QED) is 0.663. The van der Waals surface area contributed by atoms with Crippen molar-refractivity contribution in [2.75, 3.05) is 0 Å². The molecule has 0 bridgehead atoms. The first-order valence-electron chi connectivity index (χ1n) is 5.97. The molecule has 0 aliphatic rings. The van der Waals surface area contributed by atoms with Crippen molar-refractivity contribution in [3.8, 4) is 11.8 Å². The predicted octanol–water partition coefficient (Wildman–Crippen LogP) is 4.29. The van der Waals surface area contributed by atoms with Gasteiger partial charge in [0.1, 0.15) is 5.82 Å². The first kappa shape index (κ1) is 13.0. The van der Waals surface area contributed by atoms with Gasteiger partial charge in [0.2, 0.25) is 0 Å². The number of hydrogen-bond donors (Lipinski definition) is 0. The predicted molar refractivity (Wildman–Crippen MR) is 80.4 cm³/mol. The Morgan fingerprint density at radius 1 is 1.20 bits per heavy atom. The fourth-order valence-electron chi connectivity index (χ4n) is 2.19. The third-order valence-electron chi connectivity index (χ3n) is 3.07. The van der Waals surface area contributed by atoms with Crippen LogP contribution in [0.5, 0.6) is 0 Å². The highest BCUT2D eigenvalue weighted by molar-refractivity contribution is 6.32. The smallest absolute Gasteiger partial charge is 0.129 e. The third kappa shape index (κ3) is 2.03. The summed E-state index contributed by atoms with van der Waals surface area (Å²) in [4.78, 5) is 4.49. The molecule has 0 radical (unpaired) electrons. The zero-order valence-corrected chi connectivity index (χ0v) is 11.9. The highest BCUT2D eigenvalue weighted by Gasteiger charge is 2.14. The summed E-state index contributed by atoms with van der Waals surface area (Å²) in [6.45, 7) is 0. The molecule has 3 rings (SSSR count). The van der Waals surface area contributed by atoms with Crippen LogP contribution in [0, 0.1) is 11.3 Å². The van der Waals surface area contributed by atoms with Gasteiger partial charge in [0.25, 0.3) is 0 Å². The maximum atomic E-state index is 9.05. The normalized spacial score (nSPS) is 10.7. The van der Waals surface area contributed by atoms with Crippen LogP contribution >= 0.6 is 23.2 Å². The number of benzene rings is 2. The summed E-state index contributed by atoms with van der Waals surface area (Å²) in [6, 6.07) is 15.0. The van der Waals surface area contributed by atoms with Gasteiger partial charge < -0.3 is 0 Å². The van der Waals surface area contributed by atoms with Crippen molar-refractivity contribution < 1.29 is 0 Å². The van der Waals surface area contributed by atoms with Crippen LogP contribution < -0.4 is 0 Å². The highest BCUT2D eigenvalue weighted by Crippen LogP contribution is 2.28. The van der Waals surface area contributed by atoms with Gasteiger partial charge in [-0.3, -0.25) is 4.57 Å². The maximum Gasteiger partial charge on any atom is 0.129 e. The molecule has 0 aliphatic carbocycles. The topological polar surface area (TPSA) is 41.6 Å². The third-order valence-corrected chi connectivity index (χ3v) is 3.62. The summed E-state index contributed by atoms with van der Waals surface area (Å²) < 4.78 is 1.89. The van der Waals surface area contributed by atoms with E-state index in [1.807, 2.05) is 28.8 Å². The minimum atomic E-state index is 0.266. The molecule has 0 fully saturated rings. The number of fused-ring (bicyclic) bond motifs is 1. The van der Waals surface area contributed by atoms with E-state index in [0.29, 0.717) is 16.4 Å². The van der Waals surface area contributed by atoms with Crippen LogP contribution in [0.2, 0.25) is 5.02 Å². The summed E-state index contributed by atoms with van der Waals surface area (Å²) in [6.07, 6.45) is 0. The SMILES string of the molecule is N#Cc1ccc(Cl)c(-n2c(CCl)nc3ccccc32)c1. The van der Waals surface area contributed by atoms with E-state index in [1.165, 1.54) is 0 Å². The molecule has 2 aromatic carbocycles. The van der Waals surface area contributed by atoms with E-state index in [9.17, 15) is 0 Å². The fourth-order valence-corrected chi connectivity index (χ4v) is 2.57. The Morgan fingerprint density at radius 3 is 2.75 bits per heavy atom. The summed E-state index contributed by atoms with van der Waals surface area (Å²) >= 11 is 12.3. The molecule has 5 heteroatoms. The molecule has 0 amide bonds. The molecule has 0 saturated heterocycles. The molecule has 0 unspecified atom stereocenters. The van der Waals surface area contributed by atoms with E-state index in [4.69, 9.17) is 28.5 Å². The summed E-state index contributed by atoms with van der Waals surface area (Å²) in [5.74, 6) is 0.965. The van der Waals surface area contributed by atoms with Gasteiger partial charge in [-0.15, -0.1) is 11.6 Å². The van der Waals surface area contributed by atoms with Crippen molar-refractivity contribution in [1.82, 2.24) is 9.55 Å². The van der Waals surface area contributed by atoms with Gasteiger partial charge in [0, 0.05) is 0 Å². The first-order valence-corrected chi connectivity index (χ1v) is 6.88. The standard InChI is InChI=1S/C15H9Cl2N3/c16-8-15-19-12-3-1-2-4-13(12)20(15)14-7-10(9-18)5-6-11(14)17/h1-7H,8H2. The largest absolute Gasteiger partial charge is 0.294 e. The van der Waals surface area contributed by atoms with E-state index in [-0.39, 0.29) is 5.88 Å². The molecule has 0 aliphatic heterocycles. The van der Waals surface area contributed by atoms with E-state index >= 15 is 0 Å². The summed E-state index contributed by atoms with van der Waals surface area (Å²) in [5.41, 5.74) is 3.03. The lowest BCUT2D eigenvalue weighted by molar-refractivity contribution is 0.981. The van der Waals surface area contributed by atoms with E-state index in [1.54, 1.807) is 18.2 Å². The Bertz CT molecular complexity index is 831. The number of rotatable bonds is 2. The minimum absolute atomic E-state index is 0.266. The summed E-state index contributed by atoms with van der Waals surface area (Å²) in [5, 5.41) is 9.60. The second kappa shape index (κ2) is 5.16. The van der Waals surface area contributed by atoms with Crippen LogP contribution in [0.3, 0.4) is 0 Å². The molecule has 0 spiro atoms. The lowest BCUT2D eigenvalue weighted by Gasteiger charge is -2.10. The number of hydrogen-bond acceptors (Lipinski definition) is 2. The number of nitriles is 1. The van der Waals surface area contributed by atoms with Crippen molar-refractivity contribution in [1.29, 1.82) is 5.26 Å². The number of imidazole rings is 1. The Morgan fingerprint density at radius 2 is 2.00 bits per heavy atom. The van der Waals surface area contributed by atoms with Crippen LogP contribution in [0.1, 0.15) is 11.4 Å². The number of aromatic nitrogens is 2. The zero-order valence-electron chi connectivity index (χ0n) is 10.3. The molecule has 0 atom stereocenters. The second-order valence-electron chi connectivity index (χ2n) is 4.26. The monoisotopic (exact) mass is 301 g/mol. The molecule has 3 aromatic rings. The minimum Gasteiger partial charge on any atom is -0.294 e. The van der Waals surface area contributed by atoms with Crippen LogP contribution in [0.25, 0.3) is 16.7 Å².